The van der Waals surface area contributed by atoms with Crippen LogP contribution in [0, 0.1) is 0 Å². The molecule has 0 amide bonds. The zero-order valence-corrected chi connectivity index (χ0v) is 11.6. The zero-order valence-electron chi connectivity index (χ0n) is 10.1. The highest BCUT2D eigenvalue weighted by atomic mass is 35.5. The van der Waals surface area contributed by atoms with Crippen LogP contribution in [0.5, 0.6) is 0 Å². The number of halogens is 2. The molecule has 2 atom stereocenters. The van der Waals surface area contributed by atoms with E-state index in [9.17, 15) is 5.11 Å². The van der Waals surface area contributed by atoms with Crippen molar-refractivity contribution in [3.8, 4) is 0 Å². The summed E-state index contributed by atoms with van der Waals surface area (Å²) >= 11 is 11.9. The van der Waals surface area contributed by atoms with Gasteiger partial charge in [0, 0.05) is 5.69 Å². The number of nitrogens with one attached hydrogen (secondary N) is 1. The molecule has 2 nitrogen and oxygen atoms in total. The maximum absolute atomic E-state index is 10.4. The summed E-state index contributed by atoms with van der Waals surface area (Å²) in [6.45, 7) is 0. The number of aliphatic hydroxyl groups excluding tert-OH is 1. The Morgan fingerprint density at radius 1 is 1.11 bits per heavy atom. The van der Waals surface area contributed by atoms with E-state index >= 15 is 0 Å². The van der Waals surface area contributed by atoms with Crippen molar-refractivity contribution in [2.45, 2.75) is 18.6 Å². The van der Waals surface area contributed by atoms with Gasteiger partial charge in [0.25, 0.3) is 0 Å². The Hall–Kier alpha value is -1.22. The molecular formula is C15H13Cl2NO. The van der Waals surface area contributed by atoms with Crippen LogP contribution in [0.3, 0.4) is 0 Å². The standard InChI is InChI=1S/C15H13Cl2NO/c16-11-6-5-10(7-12(11)17)15(19)14-8-9-3-1-2-4-13(9)18-14/h1-7,14-15,18-19H,8H2. The van der Waals surface area contributed by atoms with Crippen molar-refractivity contribution < 1.29 is 5.11 Å². The minimum Gasteiger partial charge on any atom is -0.386 e. The van der Waals surface area contributed by atoms with Gasteiger partial charge in [0.2, 0.25) is 0 Å². The summed E-state index contributed by atoms with van der Waals surface area (Å²) < 4.78 is 0. The van der Waals surface area contributed by atoms with Gasteiger partial charge in [-0.05, 0) is 35.7 Å². The van der Waals surface area contributed by atoms with E-state index in [0.29, 0.717) is 10.0 Å². The molecule has 2 N–H and O–H groups in total. The molecule has 19 heavy (non-hydrogen) atoms. The summed E-state index contributed by atoms with van der Waals surface area (Å²) in [6, 6.07) is 13.3. The van der Waals surface area contributed by atoms with Gasteiger partial charge >= 0.3 is 0 Å². The Balaban J connectivity index is 1.82. The second-order valence-electron chi connectivity index (χ2n) is 4.73. The third kappa shape index (κ3) is 2.44. The molecule has 0 aliphatic carbocycles. The fraction of sp³-hybridized carbons (Fsp3) is 0.200. The number of anilines is 1. The van der Waals surface area contributed by atoms with Crippen LogP contribution in [-0.4, -0.2) is 11.1 Å². The first kappa shape index (κ1) is 12.8. The van der Waals surface area contributed by atoms with Crippen LogP contribution >= 0.6 is 23.2 Å². The lowest BCUT2D eigenvalue weighted by molar-refractivity contribution is 0.156. The number of hydrogen-bond acceptors (Lipinski definition) is 2. The van der Waals surface area contributed by atoms with Gasteiger partial charge in [-0.2, -0.15) is 0 Å². The van der Waals surface area contributed by atoms with Crippen molar-refractivity contribution in [1.82, 2.24) is 0 Å². The molecule has 1 aliphatic heterocycles. The second-order valence-corrected chi connectivity index (χ2v) is 5.54. The number of fused-ring (bicyclic) bond motifs is 1. The molecule has 0 aromatic heterocycles. The van der Waals surface area contributed by atoms with Gasteiger partial charge in [0.15, 0.2) is 0 Å². The maximum Gasteiger partial charge on any atom is 0.0994 e. The minimum atomic E-state index is -0.609. The van der Waals surface area contributed by atoms with Gasteiger partial charge < -0.3 is 10.4 Å². The molecule has 2 aromatic rings. The lowest BCUT2D eigenvalue weighted by Gasteiger charge is -2.19. The molecule has 4 heteroatoms. The smallest absolute Gasteiger partial charge is 0.0994 e. The van der Waals surface area contributed by atoms with Crippen molar-refractivity contribution in [1.29, 1.82) is 0 Å². The van der Waals surface area contributed by atoms with Crippen LogP contribution in [0.2, 0.25) is 10.0 Å². The molecule has 1 aliphatic rings. The average molecular weight is 294 g/mol. The lowest BCUT2D eigenvalue weighted by atomic mass is 9.99. The molecular weight excluding hydrogens is 281 g/mol. The first-order valence-electron chi connectivity index (χ1n) is 6.12. The molecule has 1 heterocycles. The third-order valence-corrected chi connectivity index (χ3v) is 4.20. The summed E-state index contributed by atoms with van der Waals surface area (Å²) in [7, 11) is 0. The Labute approximate surface area is 122 Å². The molecule has 98 valence electrons. The van der Waals surface area contributed by atoms with Crippen LogP contribution in [0.25, 0.3) is 0 Å². The van der Waals surface area contributed by atoms with E-state index in [1.807, 2.05) is 24.3 Å². The SMILES string of the molecule is OC(c1ccc(Cl)c(Cl)c1)C1Cc2ccccc2N1. The molecule has 0 saturated heterocycles. The Kier molecular flexibility index (Phi) is 3.40. The van der Waals surface area contributed by atoms with E-state index < -0.39 is 6.10 Å². The van der Waals surface area contributed by atoms with Crippen LogP contribution < -0.4 is 5.32 Å². The number of aliphatic hydroxyl groups is 1. The highest BCUT2D eigenvalue weighted by molar-refractivity contribution is 6.42. The topological polar surface area (TPSA) is 32.3 Å². The Morgan fingerprint density at radius 2 is 1.89 bits per heavy atom. The van der Waals surface area contributed by atoms with E-state index in [1.165, 1.54) is 5.56 Å². The van der Waals surface area contributed by atoms with E-state index in [4.69, 9.17) is 23.2 Å². The quantitative estimate of drug-likeness (QED) is 0.875. The first-order valence-corrected chi connectivity index (χ1v) is 6.88. The van der Waals surface area contributed by atoms with Crippen molar-refractivity contribution in [2.24, 2.45) is 0 Å². The number of benzene rings is 2. The summed E-state index contributed by atoms with van der Waals surface area (Å²) in [5, 5.41) is 14.8. The molecule has 3 rings (SSSR count). The van der Waals surface area contributed by atoms with Crippen LogP contribution in [-0.2, 0) is 6.42 Å². The van der Waals surface area contributed by atoms with E-state index in [-0.39, 0.29) is 6.04 Å². The summed E-state index contributed by atoms with van der Waals surface area (Å²) in [5.41, 5.74) is 3.10. The molecule has 0 radical (unpaired) electrons. The molecule has 0 fully saturated rings. The third-order valence-electron chi connectivity index (χ3n) is 3.46. The largest absolute Gasteiger partial charge is 0.386 e. The maximum atomic E-state index is 10.4. The van der Waals surface area contributed by atoms with Gasteiger partial charge in [0.1, 0.15) is 0 Å². The molecule has 2 unspecified atom stereocenters. The van der Waals surface area contributed by atoms with Crippen molar-refractivity contribution in [3.63, 3.8) is 0 Å². The molecule has 0 saturated carbocycles. The van der Waals surface area contributed by atoms with Gasteiger partial charge in [-0.1, -0.05) is 47.5 Å². The van der Waals surface area contributed by atoms with Crippen molar-refractivity contribution >= 4 is 28.9 Å². The molecule has 0 spiro atoms. The van der Waals surface area contributed by atoms with Crippen molar-refractivity contribution in [3.05, 3.63) is 63.6 Å². The van der Waals surface area contributed by atoms with Gasteiger partial charge in [0.05, 0.1) is 22.2 Å². The second kappa shape index (κ2) is 5.04. The number of para-hydroxylation sites is 1. The van der Waals surface area contributed by atoms with Crippen LogP contribution in [0.1, 0.15) is 17.2 Å². The van der Waals surface area contributed by atoms with E-state index in [0.717, 1.165) is 17.7 Å². The van der Waals surface area contributed by atoms with E-state index in [1.54, 1.807) is 12.1 Å². The predicted molar refractivity (Wildman–Crippen MR) is 79.0 cm³/mol. The normalized spacial score (nSPS) is 18.8. The summed E-state index contributed by atoms with van der Waals surface area (Å²) in [4.78, 5) is 0. The highest BCUT2D eigenvalue weighted by Gasteiger charge is 2.27. The zero-order chi connectivity index (χ0) is 13.4. The van der Waals surface area contributed by atoms with Gasteiger partial charge in [-0.25, -0.2) is 0 Å². The Morgan fingerprint density at radius 3 is 2.63 bits per heavy atom. The molecule has 2 aromatic carbocycles. The number of hydrogen-bond donors (Lipinski definition) is 2. The Bertz CT molecular complexity index is 590. The first-order chi connectivity index (χ1) is 9.15. The number of rotatable bonds is 2. The van der Waals surface area contributed by atoms with Gasteiger partial charge in [-0.15, -0.1) is 0 Å². The lowest BCUT2D eigenvalue weighted by Crippen LogP contribution is -2.24. The summed E-state index contributed by atoms with van der Waals surface area (Å²) in [6.07, 6.45) is 0.194. The fourth-order valence-corrected chi connectivity index (χ4v) is 2.75. The monoisotopic (exact) mass is 293 g/mol. The minimum absolute atomic E-state index is 0.0327. The summed E-state index contributed by atoms with van der Waals surface area (Å²) in [5.74, 6) is 0. The predicted octanol–water partition coefficient (Wildman–Crippen LogP) is 4.06. The fourth-order valence-electron chi connectivity index (χ4n) is 2.45. The van der Waals surface area contributed by atoms with E-state index in [2.05, 4.69) is 11.4 Å². The molecule has 0 bridgehead atoms. The van der Waals surface area contributed by atoms with Crippen molar-refractivity contribution in [2.75, 3.05) is 5.32 Å². The van der Waals surface area contributed by atoms with Crippen LogP contribution in [0.4, 0.5) is 5.69 Å². The van der Waals surface area contributed by atoms with Gasteiger partial charge in [-0.3, -0.25) is 0 Å². The highest BCUT2D eigenvalue weighted by Crippen LogP contribution is 2.33. The van der Waals surface area contributed by atoms with Crippen LogP contribution in [0.15, 0.2) is 42.5 Å². The average Bonchev–Trinajstić information content (AvgIpc) is 2.85.